The van der Waals surface area contributed by atoms with E-state index in [9.17, 15) is 153 Å². The van der Waals surface area contributed by atoms with E-state index in [-0.39, 0.29) is 12.3 Å². The van der Waals surface area contributed by atoms with Crippen molar-refractivity contribution in [3.63, 3.8) is 0 Å². The molecule has 0 bridgehead atoms. The van der Waals surface area contributed by atoms with E-state index in [4.69, 9.17) is 85.3 Å². The Morgan fingerprint density at radius 1 is 0.271 bits per heavy atom. The molecule has 9 heterocycles. The van der Waals surface area contributed by atoms with Crippen LogP contribution in [0.25, 0.3) is 0 Å². The molecule has 9 aliphatic rings. The summed E-state index contributed by atoms with van der Waals surface area (Å²) in [6.45, 7) is -4.83. The highest BCUT2D eigenvalue weighted by Crippen LogP contribution is 2.41. The van der Waals surface area contributed by atoms with Gasteiger partial charge >= 0.3 is 0 Å². The fourth-order valence-corrected chi connectivity index (χ4v) is 19.5. The Bertz CT molecular complexity index is 3520. The number of amides is 2. The van der Waals surface area contributed by atoms with Gasteiger partial charge in [-0.15, -0.1) is 0 Å². The molecule has 9 aliphatic heterocycles. The quantitative estimate of drug-likeness (QED) is 0.0199. The number of aliphatic hydroxyl groups excluding tert-OH is 28. The van der Waals surface area contributed by atoms with Gasteiger partial charge in [-0.1, -0.05) is 193 Å². The standard InChI is InChI=1S/C94H168N2O48/c1-4-6-8-10-12-14-16-18-19-20-21-23-25-27-29-31-33-35-58(108)96-47(48(107)34-32-30-28-26-24-22-17-15-13-11-9-7-5-2)45-127-87-70(119)68(117)78(56(43-104)135-87)137-88-71(120)69(118)79(57(44-105)136-88)138-89-73(122)81(62(111)51(38-99)129-89)140-91-75(124)83(64(113)53(40-101)131-91)142-93-77(126)85(66(115)55(42-103)133-93)144-94-76(125)84(65(114)54(41-102)134-94)143-92-74(123)82(63(112)52(39-100)132-92)141-90-72(121)80(61(110)50(37-98)130-90)139-86-59(95-46(3)106)67(116)60(109)49(36-97)128-86/h32,34,47-57,59-94,97-105,107,109-126H,4-31,33,35-45H2,1-3H3,(H,95,106)(H,96,108)/b34-32+/t47-,48+,49?,50?,51?,52?,53?,54?,55?,56?,57?,59?,60-,61-,62-,63-,64-,65-,66-,67+,68+,69+,70?,71?,72?,73?,74?,75?,76?,77?,78+,79-,80-,81-,82-,83-,84-,85-,86-,87+,88-,89-,90+,91+,92+,93+,94+/m0/s1. The molecule has 144 heavy (non-hydrogen) atoms. The fraction of sp³-hybridized carbons (Fsp3) is 0.957. The third-order valence-corrected chi connectivity index (χ3v) is 28.2. The molecule has 30 N–H and O–H groups in total. The van der Waals surface area contributed by atoms with Crippen LogP contribution in [0.1, 0.15) is 213 Å². The largest absolute Gasteiger partial charge is 0.394 e. The first-order valence-electron chi connectivity index (χ1n) is 51.5. The first kappa shape index (κ1) is 124. The maximum Gasteiger partial charge on any atom is 0.220 e. The fourth-order valence-electron chi connectivity index (χ4n) is 19.5. The molecule has 842 valence electrons. The van der Waals surface area contributed by atoms with Crippen LogP contribution < -0.4 is 10.6 Å². The Hall–Kier alpha value is -3.16. The van der Waals surface area contributed by atoms with Crippen LogP contribution in [0, 0.1) is 0 Å². The number of aliphatic hydroxyl groups is 28. The van der Waals surface area contributed by atoms with Crippen molar-refractivity contribution in [1.82, 2.24) is 10.6 Å². The van der Waals surface area contributed by atoms with Crippen LogP contribution in [0.3, 0.4) is 0 Å². The Kier molecular flexibility index (Phi) is 54.9. The SMILES string of the molecule is CCCCCCCCCCCCC/C=C/[C@@H](O)[C@H](CO[C@@H]1OC(CO)[C@@H](O[C@@H]2OC(CO)[C@H](O[C@@H]3OC(CO)[C@H](O)[C@H](O[C@H]4OC(CO)[C@H](O)[C@H](O[C@H]5OC(CO)[C@H](O)[C@H](O[C@H]6OC(CO)[C@H](O)[C@H](O[C@H]7OC(CO)[C@H](O)[C@H](O[C@H]8OC(CO)[C@H](O)[C@H](O[C@@H]9OC(CO)[C@H](O)[C@H](O)C9NC(C)=O)C8O)C7O)C6O)C5O)C4O)C3O)[C@H](O)C2O)[C@H](O)C1O)NC(=O)CCCCCCCCCCCCCCCCCCC. The van der Waals surface area contributed by atoms with Crippen LogP contribution in [0.15, 0.2) is 12.2 Å². The van der Waals surface area contributed by atoms with Gasteiger partial charge < -0.3 is 239 Å². The molecule has 18 unspecified atom stereocenters. The van der Waals surface area contributed by atoms with Crippen molar-refractivity contribution in [2.75, 3.05) is 66.1 Å². The zero-order valence-corrected chi connectivity index (χ0v) is 82.3. The van der Waals surface area contributed by atoms with E-state index in [1.165, 1.54) is 122 Å². The third-order valence-electron chi connectivity index (χ3n) is 28.2. The molecule has 0 spiro atoms. The summed E-state index contributed by atoms with van der Waals surface area (Å²) in [6, 6.07) is -2.75. The summed E-state index contributed by atoms with van der Waals surface area (Å²) in [5.41, 5.74) is 0. The predicted molar refractivity (Wildman–Crippen MR) is 489 cm³/mol. The zero-order valence-electron chi connectivity index (χ0n) is 82.3. The van der Waals surface area contributed by atoms with Crippen molar-refractivity contribution in [3.05, 3.63) is 12.2 Å². The summed E-state index contributed by atoms with van der Waals surface area (Å²) >= 11 is 0. The Morgan fingerprint density at radius 3 is 0.799 bits per heavy atom. The predicted octanol–water partition coefficient (Wildman–Crippen LogP) is -8.32. The summed E-state index contributed by atoms with van der Waals surface area (Å²) in [5.74, 6) is -1.16. The Morgan fingerprint density at radius 2 is 0.507 bits per heavy atom. The summed E-state index contributed by atoms with van der Waals surface area (Å²) < 4.78 is 105. The maximum atomic E-state index is 13.6. The van der Waals surface area contributed by atoms with Crippen LogP contribution >= 0.6 is 0 Å². The monoisotopic (exact) mass is 2090 g/mol. The second kappa shape index (κ2) is 63.6. The van der Waals surface area contributed by atoms with Crippen LogP contribution in [-0.4, -0.2) is 509 Å². The second-order valence-corrected chi connectivity index (χ2v) is 39.0. The molecule has 2 amide bonds. The van der Waals surface area contributed by atoms with E-state index in [1.807, 2.05) is 6.08 Å². The van der Waals surface area contributed by atoms with E-state index in [2.05, 4.69) is 24.5 Å². The van der Waals surface area contributed by atoms with Crippen molar-refractivity contribution in [3.8, 4) is 0 Å². The van der Waals surface area contributed by atoms with Gasteiger partial charge in [0.1, 0.15) is 220 Å². The van der Waals surface area contributed by atoms with E-state index in [0.29, 0.717) is 12.8 Å². The maximum absolute atomic E-state index is 13.6. The normalized spacial score (nSPS) is 41.3. The average molecular weight is 2090 g/mol. The number of allylic oxidation sites excluding steroid dienone is 1. The van der Waals surface area contributed by atoms with Gasteiger partial charge in [0.05, 0.1) is 78.2 Å². The number of ether oxygens (including phenoxy) is 18. The summed E-state index contributed by atoms with van der Waals surface area (Å²) in [5, 5.41) is 321. The molecule has 47 atom stereocenters. The van der Waals surface area contributed by atoms with Gasteiger partial charge in [0.2, 0.25) is 11.8 Å². The number of nitrogens with one attached hydrogen (secondary N) is 2. The number of hydrogen-bond donors (Lipinski definition) is 30. The number of unbranched alkanes of at least 4 members (excludes halogenated alkanes) is 27. The van der Waals surface area contributed by atoms with Crippen LogP contribution in [0.5, 0.6) is 0 Å². The second-order valence-electron chi connectivity index (χ2n) is 39.0. The first-order valence-corrected chi connectivity index (χ1v) is 51.5. The molecular weight excluding hydrogens is 1920 g/mol. The highest BCUT2D eigenvalue weighted by molar-refractivity contribution is 5.76. The smallest absolute Gasteiger partial charge is 0.220 e. The van der Waals surface area contributed by atoms with Crippen molar-refractivity contribution in [2.45, 2.75) is 502 Å². The molecule has 50 heteroatoms. The number of carbonyl (C=O) groups excluding carboxylic acids is 2. The molecule has 0 radical (unpaired) electrons. The summed E-state index contributed by atoms with van der Waals surface area (Å²) in [6.07, 6.45) is -56.6. The highest BCUT2D eigenvalue weighted by Gasteiger charge is 2.62. The van der Waals surface area contributed by atoms with E-state index >= 15 is 0 Å². The minimum atomic E-state index is -2.45. The summed E-state index contributed by atoms with van der Waals surface area (Å²) in [4.78, 5) is 25.8. The van der Waals surface area contributed by atoms with Gasteiger partial charge in [0, 0.05) is 13.3 Å². The highest BCUT2D eigenvalue weighted by atomic mass is 16.8. The molecular formula is C94H168N2O48. The lowest BCUT2D eigenvalue weighted by molar-refractivity contribution is -0.402. The topological polar surface area (TPSA) is 791 Å². The lowest BCUT2D eigenvalue weighted by Crippen LogP contribution is -2.69. The van der Waals surface area contributed by atoms with Gasteiger partial charge in [0.15, 0.2) is 56.6 Å². The van der Waals surface area contributed by atoms with Gasteiger partial charge in [0.25, 0.3) is 0 Å². The van der Waals surface area contributed by atoms with Gasteiger partial charge in [-0.2, -0.15) is 0 Å². The van der Waals surface area contributed by atoms with Gasteiger partial charge in [-0.25, -0.2) is 0 Å². The molecule has 9 fully saturated rings. The third kappa shape index (κ3) is 34.2. The minimum absolute atomic E-state index is 0.154. The Labute approximate surface area is 837 Å². The minimum Gasteiger partial charge on any atom is -0.394 e. The van der Waals surface area contributed by atoms with Crippen molar-refractivity contribution < 1.29 is 238 Å². The van der Waals surface area contributed by atoms with Gasteiger partial charge in [-0.3, -0.25) is 9.59 Å². The lowest BCUT2D eigenvalue weighted by Gasteiger charge is -2.50. The van der Waals surface area contributed by atoms with E-state index in [1.54, 1.807) is 6.08 Å². The summed E-state index contributed by atoms with van der Waals surface area (Å²) in [7, 11) is 0. The zero-order chi connectivity index (χ0) is 105. The van der Waals surface area contributed by atoms with Crippen molar-refractivity contribution in [2.24, 2.45) is 0 Å². The molecule has 0 saturated carbocycles. The van der Waals surface area contributed by atoms with Crippen LogP contribution in [0.2, 0.25) is 0 Å². The molecule has 9 saturated heterocycles. The molecule has 9 rings (SSSR count). The van der Waals surface area contributed by atoms with E-state index < -0.39 is 360 Å². The number of rotatable bonds is 62. The number of carbonyl (C=O) groups is 2. The van der Waals surface area contributed by atoms with Crippen molar-refractivity contribution in [1.29, 1.82) is 0 Å². The van der Waals surface area contributed by atoms with Crippen molar-refractivity contribution >= 4 is 11.8 Å². The lowest BCUT2D eigenvalue weighted by atomic mass is 9.94. The average Bonchev–Trinajstić information content (AvgIpc) is 0.766. The molecule has 50 nitrogen and oxygen atoms in total. The van der Waals surface area contributed by atoms with E-state index in [0.717, 1.165) is 58.3 Å². The molecule has 0 aliphatic carbocycles. The van der Waals surface area contributed by atoms with Gasteiger partial charge in [-0.05, 0) is 19.3 Å². The van der Waals surface area contributed by atoms with Crippen LogP contribution in [0.4, 0.5) is 0 Å². The molecule has 0 aromatic rings. The first-order chi connectivity index (χ1) is 69.1. The Balaban J connectivity index is 0.802. The molecule has 0 aromatic carbocycles. The number of hydrogen-bond acceptors (Lipinski definition) is 48. The van der Waals surface area contributed by atoms with Crippen LogP contribution in [-0.2, 0) is 94.9 Å². The molecule has 0 aromatic heterocycles.